The molecule has 1 heterocycles. The molecule has 0 aromatic heterocycles. The van der Waals surface area contributed by atoms with Crippen LogP contribution in [0, 0.1) is 0 Å². The average molecular weight is 231 g/mol. The molecule has 0 atom stereocenters. The van der Waals surface area contributed by atoms with Crippen LogP contribution in [-0.2, 0) is 13.0 Å². The molecule has 17 heavy (non-hydrogen) atoms. The average Bonchev–Trinajstić information content (AvgIpc) is 2.35. The minimum atomic E-state index is -0.851. The molecule has 1 aliphatic heterocycles. The molecule has 1 aromatic rings. The van der Waals surface area contributed by atoms with E-state index in [4.69, 9.17) is 5.11 Å². The standard InChI is InChI=1S/C14H17NO2/c1-2-3-7-15-8-6-11-4-5-12(14(16)17)9-13(11)10-15/h2,4-5,9H,1,3,6-8,10H2,(H,16,17). The Balaban J connectivity index is 2.14. The zero-order valence-electron chi connectivity index (χ0n) is 9.85. The molecule has 0 saturated carbocycles. The number of hydrogen-bond acceptors (Lipinski definition) is 2. The zero-order chi connectivity index (χ0) is 12.3. The predicted molar refractivity (Wildman–Crippen MR) is 67.2 cm³/mol. The van der Waals surface area contributed by atoms with E-state index in [-0.39, 0.29) is 0 Å². The molecule has 3 nitrogen and oxygen atoms in total. The van der Waals surface area contributed by atoms with Gasteiger partial charge in [-0.25, -0.2) is 4.79 Å². The Morgan fingerprint density at radius 1 is 1.47 bits per heavy atom. The van der Waals surface area contributed by atoms with Gasteiger partial charge in [0, 0.05) is 19.6 Å². The van der Waals surface area contributed by atoms with Crippen LogP contribution in [0.25, 0.3) is 0 Å². The van der Waals surface area contributed by atoms with Gasteiger partial charge in [-0.3, -0.25) is 4.90 Å². The van der Waals surface area contributed by atoms with E-state index in [1.165, 1.54) is 5.56 Å². The van der Waals surface area contributed by atoms with Gasteiger partial charge in [-0.1, -0.05) is 12.1 Å². The van der Waals surface area contributed by atoms with Crippen molar-refractivity contribution in [1.29, 1.82) is 0 Å². The van der Waals surface area contributed by atoms with Gasteiger partial charge in [-0.05, 0) is 36.1 Å². The molecular formula is C14H17NO2. The van der Waals surface area contributed by atoms with Gasteiger partial charge in [0.2, 0.25) is 0 Å². The molecule has 1 N–H and O–H groups in total. The van der Waals surface area contributed by atoms with E-state index in [9.17, 15) is 4.79 Å². The second-order valence-corrected chi connectivity index (χ2v) is 4.39. The first-order valence-electron chi connectivity index (χ1n) is 5.89. The van der Waals surface area contributed by atoms with Crippen LogP contribution < -0.4 is 0 Å². The highest BCUT2D eigenvalue weighted by molar-refractivity contribution is 5.87. The van der Waals surface area contributed by atoms with E-state index < -0.39 is 5.97 Å². The van der Waals surface area contributed by atoms with Gasteiger partial charge in [0.15, 0.2) is 0 Å². The van der Waals surface area contributed by atoms with Crippen LogP contribution in [0.1, 0.15) is 27.9 Å². The molecular weight excluding hydrogens is 214 g/mol. The number of hydrogen-bond donors (Lipinski definition) is 1. The summed E-state index contributed by atoms with van der Waals surface area (Å²) < 4.78 is 0. The number of fused-ring (bicyclic) bond motifs is 1. The van der Waals surface area contributed by atoms with Crippen LogP contribution in [-0.4, -0.2) is 29.1 Å². The number of carboxylic acid groups (broad SMARTS) is 1. The van der Waals surface area contributed by atoms with E-state index in [1.807, 2.05) is 12.1 Å². The smallest absolute Gasteiger partial charge is 0.335 e. The third-order valence-electron chi connectivity index (χ3n) is 3.19. The Kier molecular flexibility index (Phi) is 3.59. The lowest BCUT2D eigenvalue weighted by Gasteiger charge is -2.28. The normalized spacial score (nSPS) is 15.3. The number of rotatable bonds is 4. The lowest BCUT2D eigenvalue weighted by Crippen LogP contribution is -2.31. The molecule has 0 spiro atoms. The molecule has 0 radical (unpaired) electrons. The number of carbonyl (C=O) groups is 1. The molecule has 2 rings (SSSR count). The Hall–Kier alpha value is -1.61. The summed E-state index contributed by atoms with van der Waals surface area (Å²) in [6.07, 6.45) is 3.91. The number of benzene rings is 1. The third-order valence-corrected chi connectivity index (χ3v) is 3.19. The molecule has 1 aliphatic rings. The van der Waals surface area contributed by atoms with Crippen LogP contribution in [0.4, 0.5) is 0 Å². The summed E-state index contributed by atoms with van der Waals surface area (Å²) >= 11 is 0. The minimum absolute atomic E-state index is 0.384. The SMILES string of the molecule is C=CCCN1CCc2ccc(C(=O)O)cc2C1. The first-order valence-corrected chi connectivity index (χ1v) is 5.89. The van der Waals surface area contributed by atoms with Crippen LogP contribution in [0.15, 0.2) is 30.9 Å². The van der Waals surface area contributed by atoms with Gasteiger partial charge in [-0.15, -0.1) is 6.58 Å². The van der Waals surface area contributed by atoms with E-state index in [2.05, 4.69) is 11.5 Å². The molecule has 1 aromatic carbocycles. The lowest BCUT2D eigenvalue weighted by molar-refractivity contribution is 0.0696. The van der Waals surface area contributed by atoms with Gasteiger partial charge in [0.05, 0.1) is 5.56 Å². The number of carboxylic acids is 1. The van der Waals surface area contributed by atoms with Crippen molar-refractivity contribution in [1.82, 2.24) is 4.90 Å². The van der Waals surface area contributed by atoms with Crippen molar-refractivity contribution >= 4 is 5.97 Å². The lowest BCUT2D eigenvalue weighted by atomic mass is 9.97. The maximum absolute atomic E-state index is 10.9. The molecule has 0 unspecified atom stereocenters. The first kappa shape index (κ1) is 11.9. The summed E-state index contributed by atoms with van der Waals surface area (Å²) in [6, 6.07) is 5.45. The molecule has 3 heteroatoms. The van der Waals surface area contributed by atoms with Crippen molar-refractivity contribution in [3.8, 4) is 0 Å². The fraction of sp³-hybridized carbons (Fsp3) is 0.357. The van der Waals surface area contributed by atoms with Crippen molar-refractivity contribution in [2.75, 3.05) is 13.1 Å². The van der Waals surface area contributed by atoms with E-state index in [0.717, 1.165) is 38.0 Å². The Bertz CT molecular complexity index is 440. The Morgan fingerprint density at radius 3 is 3.00 bits per heavy atom. The van der Waals surface area contributed by atoms with Crippen molar-refractivity contribution in [3.63, 3.8) is 0 Å². The first-order chi connectivity index (χ1) is 8.20. The van der Waals surface area contributed by atoms with Gasteiger partial charge >= 0.3 is 5.97 Å². The molecule has 0 fully saturated rings. The largest absolute Gasteiger partial charge is 0.478 e. The summed E-state index contributed by atoms with van der Waals surface area (Å²) in [5.41, 5.74) is 2.82. The Morgan fingerprint density at radius 2 is 2.29 bits per heavy atom. The number of nitrogens with zero attached hydrogens (tertiary/aromatic N) is 1. The topological polar surface area (TPSA) is 40.5 Å². The molecule has 0 bridgehead atoms. The van der Waals surface area contributed by atoms with Gasteiger partial charge < -0.3 is 5.11 Å². The second-order valence-electron chi connectivity index (χ2n) is 4.39. The molecule has 90 valence electrons. The van der Waals surface area contributed by atoms with Crippen LogP contribution >= 0.6 is 0 Å². The predicted octanol–water partition coefficient (Wildman–Crippen LogP) is 2.32. The van der Waals surface area contributed by atoms with Crippen molar-refractivity contribution in [3.05, 3.63) is 47.5 Å². The summed E-state index contributed by atoms with van der Waals surface area (Å²) in [5.74, 6) is -0.851. The van der Waals surface area contributed by atoms with E-state index in [1.54, 1.807) is 12.1 Å². The molecule has 0 amide bonds. The highest BCUT2D eigenvalue weighted by atomic mass is 16.4. The van der Waals surface area contributed by atoms with Gasteiger partial charge in [0.1, 0.15) is 0 Å². The number of aromatic carboxylic acids is 1. The minimum Gasteiger partial charge on any atom is -0.478 e. The summed E-state index contributed by atoms with van der Waals surface area (Å²) in [6.45, 7) is 6.62. The highest BCUT2D eigenvalue weighted by Gasteiger charge is 2.16. The van der Waals surface area contributed by atoms with Crippen LogP contribution in [0.5, 0.6) is 0 Å². The summed E-state index contributed by atoms with van der Waals surface area (Å²) in [7, 11) is 0. The van der Waals surface area contributed by atoms with Crippen LogP contribution in [0.2, 0.25) is 0 Å². The van der Waals surface area contributed by atoms with Crippen molar-refractivity contribution in [2.45, 2.75) is 19.4 Å². The maximum Gasteiger partial charge on any atom is 0.335 e. The molecule has 0 aliphatic carbocycles. The molecule has 0 saturated heterocycles. The van der Waals surface area contributed by atoms with Gasteiger partial charge in [-0.2, -0.15) is 0 Å². The fourth-order valence-corrected chi connectivity index (χ4v) is 2.21. The monoisotopic (exact) mass is 231 g/mol. The van der Waals surface area contributed by atoms with Crippen molar-refractivity contribution < 1.29 is 9.90 Å². The van der Waals surface area contributed by atoms with E-state index >= 15 is 0 Å². The highest BCUT2D eigenvalue weighted by Crippen LogP contribution is 2.20. The van der Waals surface area contributed by atoms with Gasteiger partial charge in [0.25, 0.3) is 0 Å². The second kappa shape index (κ2) is 5.15. The van der Waals surface area contributed by atoms with E-state index in [0.29, 0.717) is 5.56 Å². The summed E-state index contributed by atoms with van der Waals surface area (Å²) in [5, 5.41) is 8.97. The maximum atomic E-state index is 10.9. The van der Waals surface area contributed by atoms with Crippen molar-refractivity contribution in [2.24, 2.45) is 0 Å². The third kappa shape index (κ3) is 2.74. The summed E-state index contributed by atoms with van der Waals surface area (Å²) in [4.78, 5) is 13.3. The Labute approximate surface area is 101 Å². The fourth-order valence-electron chi connectivity index (χ4n) is 2.21. The van der Waals surface area contributed by atoms with Crippen LogP contribution in [0.3, 0.4) is 0 Å². The quantitative estimate of drug-likeness (QED) is 0.808. The zero-order valence-corrected chi connectivity index (χ0v) is 9.85.